The average molecular weight is 366 g/mol. The van der Waals surface area contributed by atoms with Crippen LogP contribution in [0.3, 0.4) is 0 Å². The number of sulfonamides is 1. The fraction of sp³-hybridized carbons (Fsp3) is 0.0833. The fourth-order valence-corrected chi connectivity index (χ4v) is 4.41. The van der Waals surface area contributed by atoms with E-state index in [0.29, 0.717) is 10.6 Å². The molecule has 2 N–H and O–H groups in total. The van der Waals surface area contributed by atoms with E-state index in [9.17, 15) is 13.2 Å². The molecule has 2 rings (SSSR count). The summed E-state index contributed by atoms with van der Waals surface area (Å²) in [5.41, 5.74) is 0.793. The molecule has 0 aliphatic carbocycles. The summed E-state index contributed by atoms with van der Waals surface area (Å²) in [6.07, 6.45) is 0. The first-order valence-electron chi connectivity index (χ1n) is 5.51. The summed E-state index contributed by atoms with van der Waals surface area (Å²) >= 11 is 12.7. The van der Waals surface area contributed by atoms with Gasteiger partial charge in [0.05, 0.1) is 10.7 Å². The Bertz CT molecular complexity index is 815. The Labute approximate surface area is 135 Å². The van der Waals surface area contributed by atoms with Crippen LogP contribution in [0.4, 0.5) is 5.69 Å². The van der Waals surface area contributed by atoms with Crippen LogP contribution in [-0.2, 0) is 10.0 Å². The van der Waals surface area contributed by atoms with Gasteiger partial charge < -0.3 is 5.11 Å². The molecule has 0 spiro atoms. The van der Waals surface area contributed by atoms with Gasteiger partial charge in [-0.2, -0.15) is 0 Å². The van der Waals surface area contributed by atoms with Crippen LogP contribution in [-0.4, -0.2) is 19.5 Å². The van der Waals surface area contributed by atoms with E-state index >= 15 is 0 Å². The van der Waals surface area contributed by atoms with E-state index in [4.69, 9.17) is 28.3 Å². The zero-order valence-corrected chi connectivity index (χ0v) is 13.7. The number of thiophene rings is 1. The number of rotatable bonds is 4. The van der Waals surface area contributed by atoms with Gasteiger partial charge in [-0.05, 0) is 36.1 Å². The molecule has 0 aliphatic rings. The first-order valence-corrected chi connectivity index (χ1v) is 8.63. The Hall–Kier alpha value is -1.28. The van der Waals surface area contributed by atoms with Gasteiger partial charge in [0.2, 0.25) is 0 Å². The quantitative estimate of drug-likeness (QED) is 0.861. The van der Waals surface area contributed by atoms with Crippen molar-refractivity contribution >= 4 is 56.2 Å². The predicted molar refractivity (Wildman–Crippen MR) is 83.3 cm³/mol. The third-order valence-corrected chi connectivity index (χ3v) is 5.76. The zero-order valence-electron chi connectivity index (χ0n) is 10.6. The van der Waals surface area contributed by atoms with Gasteiger partial charge in [0.25, 0.3) is 10.0 Å². The largest absolute Gasteiger partial charge is 0.477 e. The normalized spacial score (nSPS) is 11.4. The van der Waals surface area contributed by atoms with Crippen LogP contribution in [0, 0.1) is 6.92 Å². The highest BCUT2D eigenvalue weighted by atomic mass is 35.5. The lowest BCUT2D eigenvalue weighted by atomic mass is 10.2. The molecule has 1 aromatic heterocycles. The molecule has 0 amide bonds. The molecule has 0 unspecified atom stereocenters. The Kier molecular flexibility index (Phi) is 4.48. The van der Waals surface area contributed by atoms with E-state index in [1.807, 2.05) is 0 Å². The summed E-state index contributed by atoms with van der Waals surface area (Å²) in [7, 11) is -4.06. The number of halogens is 2. The van der Waals surface area contributed by atoms with Crippen molar-refractivity contribution in [3.8, 4) is 0 Å². The fourth-order valence-electron chi connectivity index (χ4n) is 1.59. The molecule has 21 heavy (non-hydrogen) atoms. The van der Waals surface area contributed by atoms with E-state index in [2.05, 4.69) is 4.72 Å². The number of nitrogens with one attached hydrogen (secondary N) is 1. The molecule has 0 saturated heterocycles. The van der Waals surface area contributed by atoms with Gasteiger partial charge in [0, 0.05) is 5.02 Å². The van der Waals surface area contributed by atoms with Gasteiger partial charge >= 0.3 is 5.97 Å². The van der Waals surface area contributed by atoms with Crippen LogP contribution in [0.1, 0.15) is 15.2 Å². The second-order valence-corrected chi connectivity index (χ2v) is 7.49. The van der Waals surface area contributed by atoms with E-state index < -0.39 is 16.0 Å². The van der Waals surface area contributed by atoms with Crippen molar-refractivity contribution in [3.05, 3.63) is 44.1 Å². The van der Waals surface area contributed by atoms with Crippen molar-refractivity contribution in [2.24, 2.45) is 0 Å². The smallest absolute Gasteiger partial charge is 0.347 e. The van der Waals surface area contributed by atoms with Gasteiger partial charge in [0.1, 0.15) is 9.77 Å². The summed E-state index contributed by atoms with van der Waals surface area (Å²) in [6, 6.07) is 4.12. The molecule has 112 valence electrons. The Morgan fingerprint density at radius 2 is 1.95 bits per heavy atom. The minimum atomic E-state index is -4.06. The van der Waals surface area contributed by atoms with Gasteiger partial charge in [-0.15, -0.1) is 11.3 Å². The molecule has 5 nitrogen and oxygen atoms in total. The number of carbonyl (C=O) groups is 1. The molecule has 0 atom stereocenters. The van der Waals surface area contributed by atoms with E-state index in [0.717, 1.165) is 11.3 Å². The number of aromatic carboxylic acids is 1. The summed E-state index contributed by atoms with van der Waals surface area (Å²) in [4.78, 5) is 10.4. The lowest BCUT2D eigenvalue weighted by Gasteiger charge is -2.11. The first kappa shape index (κ1) is 16.1. The summed E-state index contributed by atoms with van der Waals surface area (Å²) < 4.78 is 26.8. The second-order valence-electron chi connectivity index (χ2n) is 4.11. The number of benzene rings is 1. The number of aryl methyl sites for hydroxylation is 1. The molecule has 0 bridgehead atoms. The predicted octanol–water partition coefficient (Wildman–Crippen LogP) is 3.86. The van der Waals surface area contributed by atoms with Crippen LogP contribution in [0.2, 0.25) is 10.0 Å². The molecule has 0 saturated carbocycles. The van der Waals surface area contributed by atoms with E-state index in [1.54, 1.807) is 6.92 Å². The standard InChI is InChI=1S/C12H9Cl2NO4S2/c1-6-4-8(14)9(5-7(6)13)15-21(18,19)10-2-3-20-11(10)12(16)17/h2-5,15H,1H3,(H,16,17). The molecule has 1 heterocycles. The Morgan fingerprint density at radius 3 is 2.57 bits per heavy atom. The highest BCUT2D eigenvalue weighted by molar-refractivity contribution is 7.93. The van der Waals surface area contributed by atoms with Crippen molar-refractivity contribution in [1.29, 1.82) is 0 Å². The minimum Gasteiger partial charge on any atom is -0.477 e. The third kappa shape index (κ3) is 3.32. The number of carboxylic acid groups (broad SMARTS) is 1. The lowest BCUT2D eigenvalue weighted by molar-refractivity contribution is 0.0698. The van der Waals surface area contributed by atoms with Gasteiger partial charge in [-0.25, -0.2) is 13.2 Å². The third-order valence-electron chi connectivity index (χ3n) is 2.61. The molecule has 9 heteroatoms. The number of hydrogen-bond donors (Lipinski definition) is 2. The summed E-state index contributed by atoms with van der Waals surface area (Å²) in [6.45, 7) is 1.73. The van der Waals surface area contributed by atoms with Gasteiger partial charge in [-0.1, -0.05) is 23.2 Å². The molecule has 2 aromatic rings. The van der Waals surface area contributed by atoms with Crippen molar-refractivity contribution < 1.29 is 18.3 Å². The SMILES string of the molecule is Cc1cc(Cl)c(NS(=O)(=O)c2ccsc2C(=O)O)cc1Cl. The Morgan fingerprint density at radius 1 is 1.29 bits per heavy atom. The molecular weight excluding hydrogens is 357 g/mol. The summed E-state index contributed by atoms with van der Waals surface area (Å²) in [5.74, 6) is -1.31. The zero-order chi connectivity index (χ0) is 15.8. The molecular formula is C12H9Cl2NO4S2. The van der Waals surface area contributed by atoms with Crippen molar-refractivity contribution in [3.63, 3.8) is 0 Å². The maximum atomic E-state index is 12.3. The van der Waals surface area contributed by atoms with Gasteiger partial charge in [-0.3, -0.25) is 4.72 Å². The van der Waals surface area contributed by atoms with Crippen molar-refractivity contribution in [2.75, 3.05) is 4.72 Å². The van der Waals surface area contributed by atoms with Crippen molar-refractivity contribution in [2.45, 2.75) is 11.8 Å². The van der Waals surface area contributed by atoms with Gasteiger partial charge in [0.15, 0.2) is 0 Å². The van der Waals surface area contributed by atoms with Crippen LogP contribution >= 0.6 is 34.5 Å². The minimum absolute atomic E-state index is 0.0924. The first-order chi connectivity index (χ1) is 9.72. The second kappa shape index (κ2) is 5.84. The van der Waals surface area contributed by atoms with Crippen molar-refractivity contribution in [1.82, 2.24) is 0 Å². The maximum Gasteiger partial charge on any atom is 0.347 e. The number of hydrogen-bond acceptors (Lipinski definition) is 4. The Balaban J connectivity index is 2.45. The van der Waals surface area contributed by atoms with Crippen LogP contribution in [0.5, 0.6) is 0 Å². The van der Waals surface area contributed by atoms with Crippen LogP contribution < -0.4 is 4.72 Å². The number of anilines is 1. The van der Waals surface area contributed by atoms with Crippen LogP contribution in [0.15, 0.2) is 28.5 Å². The average Bonchev–Trinajstić information content (AvgIpc) is 2.85. The maximum absolute atomic E-state index is 12.3. The summed E-state index contributed by atoms with van der Waals surface area (Å²) in [5, 5.41) is 10.9. The molecule has 1 aromatic carbocycles. The van der Waals surface area contributed by atoms with E-state index in [-0.39, 0.29) is 20.5 Å². The monoisotopic (exact) mass is 365 g/mol. The molecule has 0 radical (unpaired) electrons. The lowest BCUT2D eigenvalue weighted by Crippen LogP contribution is -2.15. The van der Waals surface area contributed by atoms with E-state index in [1.165, 1.54) is 23.6 Å². The molecule has 0 aliphatic heterocycles. The highest BCUT2D eigenvalue weighted by Crippen LogP contribution is 2.31. The number of carboxylic acids is 1. The highest BCUT2D eigenvalue weighted by Gasteiger charge is 2.24. The molecule has 0 fully saturated rings. The topological polar surface area (TPSA) is 83.5 Å². The van der Waals surface area contributed by atoms with Crippen LogP contribution in [0.25, 0.3) is 0 Å².